The maximum Gasteiger partial charge on any atom is 0.318 e. The number of imidazole rings is 1. The number of hydrogen-bond acceptors (Lipinski definition) is 4. The van der Waals surface area contributed by atoms with Gasteiger partial charge in [-0.25, -0.2) is 13.4 Å². The van der Waals surface area contributed by atoms with Crippen molar-refractivity contribution < 1.29 is 18.3 Å². The summed E-state index contributed by atoms with van der Waals surface area (Å²) in [6.45, 7) is 3.09. The number of nitrogens with zero attached hydrogens (tertiary/aromatic N) is 3. The molecule has 0 amide bonds. The van der Waals surface area contributed by atoms with Crippen LogP contribution in [0.5, 0.6) is 0 Å². The van der Waals surface area contributed by atoms with Crippen molar-refractivity contribution in [1.29, 1.82) is 0 Å². The van der Waals surface area contributed by atoms with E-state index in [0.29, 0.717) is 16.7 Å². The van der Waals surface area contributed by atoms with Crippen LogP contribution in [0.15, 0.2) is 11.2 Å². The van der Waals surface area contributed by atoms with Gasteiger partial charge >= 0.3 is 5.97 Å². The second-order valence-corrected chi connectivity index (χ2v) is 5.67. The molecule has 1 heterocycles. The highest BCUT2D eigenvalue weighted by atomic mass is 32.2. The average molecular weight is 285 g/mol. The Bertz CT molecular complexity index is 612. The van der Waals surface area contributed by atoms with Crippen LogP contribution in [0.3, 0.4) is 0 Å². The lowest BCUT2D eigenvalue weighted by atomic mass is 10.6. The lowest BCUT2D eigenvalue weighted by Gasteiger charge is -2.15. The Morgan fingerprint density at radius 1 is 1.63 bits per heavy atom. The van der Waals surface area contributed by atoms with Crippen LogP contribution in [0.25, 0.3) is 0 Å². The van der Waals surface area contributed by atoms with E-state index in [9.17, 15) is 13.2 Å². The van der Waals surface area contributed by atoms with Gasteiger partial charge in [0.05, 0.1) is 6.54 Å². The summed E-state index contributed by atoms with van der Waals surface area (Å²) in [5.74, 6) is 1.40. The fourth-order valence-corrected chi connectivity index (χ4v) is 2.83. The van der Waals surface area contributed by atoms with E-state index in [-0.39, 0.29) is 11.6 Å². The molecular formula is C11H15N3O4S. The first-order chi connectivity index (χ1) is 8.82. The van der Waals surface area contributed by atoms with Crippen molar-refractivity contribution in [3.05, 3.63) is 12.0 Å². The summed E-state index contributed by atoms with van der Waals surface area (Å²) in [5.41, 5.74) is 0. The molecular weight excluding hydrogens is 270 g/mol. The molecule has 19 heavy (non-hydrogen) atoms. The molecule has 0 aliphatic rings. The minimum absolute atomic E-state index is 0.191. The summed E-state index contributed by atoms with van der Waals surface area (Å²) in [6, 6.07) is 0. The third-order valence-electron chi connectivity index (χ3n) is 2.48. The molecule has 0 unspecified atom stereocenters. The molecule has 0 aliphatic carbocycles. The van der Waals surface area contributed by atoms with E-state index in [1.807, 2.05) is 6.92 Å². The Balaban J connectivity index is 3.18. The van der Waals surface area contributed by atoms with Gasteiger partial charge in [0.1, 0.15) is 12.4 Å². The molecule has 7 nitrogen and oxygen atoms in total. The van der Waals surface area contributed by atoms with Gasteiger partial charge in [-0.3, -0.25) is 4.79 Å². The number of aliphatic carboxylic acids is 1. The Morgan fingerprint density at radius 3 is 2.68 bits per heavy atom. The Kier molecular flexibility index (Phi) is 4.69. The Hall–Kier alpha value is -1.85. The predicted molar refractivity (Wildman–Crippen MR) is 67.9 cm³/mol. The van der Waals surface area contributed by atoms with E-state index in [0.717, 1.165) is 0 Å². The van der Waals surface area contributed by atoms with Crippen molar-refractivity contribution in [2.45, 2.75) is 25.4 Å². The number of aromatic nitrogens is 2. The molecule has 8 heteroatoms. The second-order valence-electron chi connectivity index (χ2n) is 3.78. The monoisotopic (exact) mass is 285 g/mol. The molecule has 0 aromatic carbocycles. The molecule has 1 rings (SSSR count). The second kappa shape index (κ2) is 5.86. The van der Waals surface area contributed by atoms with Crippen molar-refractivity contribution in [2.24, 2.45) is 0 Å². The van der Waals surface area contributed by atoms with Crippen molar-refractivity contribution in [3.63, 3.8) is 0 Å². The number of hydrogen-bond donors (Lipinski definition) is 1. The number of rotatable bonds is 6. The van der Waals surface area contributed by atoms with Gasteiger partial charge in [0.15, 0.2) is 5.03 Å². The maximum atomic E-state index is 12.2. The van der Waals surface area contributed by atoms with E-state index in [2.05, 4.69) is 10.9 Å². The Labute approximate surface area is 111 Å². The molecule has 0 spiro atoms. The van der Waals surface area contributed by atoms with E-state index >= 15 is 0 Å². The largest absolute Gasteiger partial charge is 0.480 e. The molecule has 0 saturated heterocycles. The summed E-state index contributed by atoms with van der Waals surface area (Å²) in [7, 11) is -3.99. The van der Waals surface area contributed by atoms with E-state index < -0.39 is 22.5 Å². The highest BCUT2D eigenvalue weighted by Crippen LogP contribution is 2.15. The molecule has 0 atom stereocenters. The van der Waals surface area contributed by atoms with Crippen molar-refractivity contribution in [2.75, 3.05) is 13.1 Å². The average Bonchev–Trinajstić information content (AvgIpc) is 2.70. The molecule has 0 fully saturated rings. The van der Waals surface area contributed by atoms with Crippen molar-refractivity contribution >= 4 is 16.0 Å². The summed E-state index contributed by atoms with van der Waals surface area (Å²) >= 11 is 0. The SMILES string of the molecule is C#CCN(CC(=O)O)S(=O)(=O)c1cn(CC)c(C)n1. The molecule has 104 valence electrons. The number of carbonyl (C=O) groups is 1. The third-order valence-corrected chi connectivity index (χ3v) is 4.14. The highest BCUT2D eigenvalue weighted by Gasteiger charge is 2.28. The molecule has 0 bridgehead atoms. The number of carboxylic acid groups (broad SMARTS) is 1. The van der Waals surface area contributed by atoms with Crippen LogP contribution in [0.2, 0.25) is 0 Å². The van der Waals surface area contributed by atoms with E-state index in [4.69, 9.17) is 11.5 Å². The van der Waals surface area contributed by atoms with Crippen LogP contribution < -0.4 is 0 Å². The summed E-state index contributed by atoms with van der Waals surface area (Å²) in [4.78, 5) is 14.6. The zero-order valence-corrected chi connectivity index (χ0v) is 11.5. The van der Waals surface area contributed by atoms with Crippen LogP contribution in [0.4, 0.5) is 0 Å². The topological polar surface area (TPSA) is 92.5 Å². The number of carboxylic acids is 1. The van der Waals surface area contributed by atoms with Crippen LogP contribution >= 0.6 is 0 Å². The van der Waals surface area contributed by atoms with Crippen molar-refractivity contribution in [3.8, 4) is 12.3 Å². The molecule has 0 radical (unpaired) electrons. The predicted octanol–water partition coefficient (Wildman–Crippen LogP) is -0.0801. The first-order valence-electron chi connectivity index (χ1n) is 5.52. The smallest absolute Gasteiger partial charge is 0.318 e. The maximum absolute atomic E-state index is 12.2. The van der Waals surface area contributed by atoms with Gasteiger partial charge < -0.3 is 9.67 Å². The number of aryl methyl sites for hydroxylation is 2. The van der Waals surface area contributed by atoms with Crippen LogP contribution in [0.1, 0.15) is 12.7 Å². The quantitative estimate of drug-likeness (QED) is 0.738. The molecule has 1 aromatic rings. The number of terminal acetylenes is 1. The van der Waals surface area contributed by atoms with Gasteiger partial charge in [-0.15, -0.1) is 6.42 Å². The third kappa shape index (κ3) is 3.33. The minimum Gasteiger partial charge on any atom is -0.480 e. The van der Waals surface area contributed by atoms with Gasteiger partial charge in [-0.2, -0.15) is 4.31 Å². The van der Waals surface area contributed by atoms with E-state index in [1.54, 1.807) is 11.5 Å². The van der Waals surface area contributed by atoms with Gasteiger partial charge in [0.2, 0.25) is 0 Å². The summed E-state index contributed by atoms with van der Waals surface area (Å²) in [5, 5.41) is 8.54. The first kappa shape index (κ1) is 15.2. The van der Waals surface area contributed by atoms with Gasteiger partial charge in [0, 0.05) is 12.7 Å². The lowest BCUT2D eigenvalue weighted by molar-refractivity contribution is -0.137. The summed E-state index contributed by atoms with van der Waals surface area (Å²) < 4.78 is 26.8. The number of sulfonamides is 1. The van der Waals surface area contributed by atoms with Gasteiger partial charge in [-0.05, 0) is 13.8 Å². The molecule has 1 N–H and O–H groups in total. The standard InChI is InChI=1S/C11H15N3O4S/c1-4-6-14(8-11(15)16)19(17,18)10-7-13(5-2)9(3)12-10/h1,7H,5-6,8H2,2-3H3,(H,15,16). The molecule has 1 aromatic heterocycles. The summed E-state index contributed by atoms with van der Waals surface area (Å²) in [6.07, 6.45) is 6.44. The van der Waals surface area contributed by atoms with E-state index in [1.165, 1.54) is 6.20 Å². The minimum atomic E-state index is -3.99. The lowest BCUT2D eigenvalue weighted by Crippen LogP contribution is -2.36. The van der Waals surface area contributed by atoms with Crippen LogP contribution in [-0.2, 0) is 21.4 Å². The van der Waals surface area contributed by atoms with Crippen LogP contribution in [0, 0.1) is 19.3 Å². The molecule has 0 saturated carbocycles. The fourth-order valence-electron chi connectivity index (χ4n) is 1.53. The first-order valence-corrected chi connectivity index (χ1v) is 6.96. The zero-order valence-electron chi connectivity index (χ0n) is 10.7. The van der Waals surface area contributed by atoms with Crippen LogP contribution in [-0.4, -0.2) is 46.4 Å². The zero-order chi connectivity index (χ0) is 14.6. The highest BCUT2D eigenvalue weighted by molar-refractivity contribution is 7.89. The normalized spacial score (nSPS) is 11.5. The van der Waals surface area contributed by atoms with Gasteiger partial charge in [-0.1, -0.05) is 5.92 Å². The Morgan fingerprint density at radius 2 is 2.26 bits per heavy atom. The fraction of sp³-hybridized carbons (Fsp3) is 0.455. The van der Waals surface area contributed by atoms with Gasteiger partial charge in [0.25, 0.3) is 10.0 Å². The molecule has 0 aliphatic heterocycles. The van der Waals surface area contributed by atoms with Crippen molar-refractivity contribution in [1.82, 2.24) is 13.9 Å².